The third-order valence-corrected chi connectivity index (χ3v) is 3.77. The van der Waals surface area contributed by atoms with E-state index >= 15 is 0 Å². The van der Waals surface area contributed by atoms with E-state index in [4.69, 9.17) is 9.47 Å². The summed E-state index contributed by atoms with van der Waals surface area (Å²) in [4.78, 5) is 16.9. The number of nitrogens with one attached hydrogen (secondary N) is 1. The third-order valence-electron chi connectivity index (χ3n) is 3.77. The summed E-state index contributed by atoms with van der Waals surface area (Å²) in [5.41, 5.74) is 3.99. The van der Waals surface area contributed by atoms with Gasteiger partial charge in [-0.25, -0.2) is 9.50 Å². The van der Waals surface area contributed by atoms with Crippen LogP contribution in [-0.2, 0) is 17.8 Å². The number of hydrogen-bond donors (Lipinski definition) is 1. The summed E-state index contributed by atoms with van der Waals surface area (Å²) in [5.74, 6) is 0.789. The molecule has 0 unspecified atom stereocenters. The summed E-state index contributed by atoms with van der Waals surface area (Å²) in [6, 6.07) is 9.22. The van der Waals surface area contributed by atoms with Crippen molar-refractivity contribution < 1.29 is 9.47 Å². The first-order chi connectivity index (χ1) is 11.2. The van der Waals surface area contributed by atoms with Gasteiger partial charge in [0.15, 0.2) is 5.65 Å². The van der Waals surface area contributed by atoms with E-state index in [1.54, 1.807) is 14.2 Å². The Kier molecular flexibility index (Phi) is 4.16. The smallest absolute Gasteiger partial charge is 0.273 e. The summed E-state index contributed by atoms with van der Waals surface area (Å²) in [6.07, 6.45) is 0.768. The highest BCUT2D eigenvalue weighted by Crippen LogP contribution is 2.29. The number of aromatic amines is 1. The normalized spacial score (nSPS) is 11.1. The molecule has 6 heteroatoms. The number of aryl methyl sites for hydroxylation is 1. The average Bonchev–Trinajstić information content (AvgIpc) is 2.94. The van der Waals surface area contributed by atoms with Crippen molar-refractivity contribution in [2.24, 2.45) is 0 Å². The van der Waals surface area contributed by atoms with Gasteiger partial charge in [0.25, 0.3) is 5.56 Å². The van der Waals surface area contributed by atoms with Gasteiger partial charge in [-0.1, -0.05) is 19.1 Å². The van der Waals surface area contributed by atoms with Crippen LogP contribution >= 0.6 is 0 Å². The van der Waals surface area contributed by atoms with Crippen molar-refractivity contribution in [3.05, 3.63) is 52.1 Å². The monoisotopic (exact) mass is 313 g/mol. The van der Waals surface area contributed by atoms with Crippen LogP contribution in [0.3, 0.4) is 0 Å². The molecule has 0 fully saturated rings. The van der Waals surface area contributed by atoms with Crippen LogP contribution in [0.2, 0.25) is 0 Å². The van der Waals surface area contributed by atoms with Crippen molar-refractivity contribution >= 4 is 5.65 Å². The molecule has 3 aromatic rings. The maximum Gasteiger partial charge on any atom is 0.273 e. The standard InChI is InChI=1S/C17H19N3O3/c1-4-14-16(11-5-7-13(23-3)8-6-11)17-18-12(10-22-2)9-15(21)20(17)19-14/h5-9,19H,4,10H2,1-3H3. The lowest BCUT2D eigenvalue weighted by atomic mass is 10.0. The highest BCUT2D eigenvalue weighted by atomic mass is 16.5. The zero-order valence-corrected chi connectivity index (χ0v) is 13.4. The fraction of sp³-hybridized carbons (Fsp3) is 0.294. The maximum atomic E-state index is 12.3. The molecule has 23 heavy (non-hydrogen) atoms. The summed E-state index contributed by atoms with van der Waals surface area (Å²) < 4.78 is 11.8. The van der Waals surface area contributed by atoms with E-state index in [0.717, 1.165) is 29.0 Å². The Morgan fingerprint density at radius 3 is 2.57 bits per heavy atom. The summed E-state index contributed by atoms with van der Waals surface area (Å²) >= 11 is 0. The van der Waals surface area contributed by atoms with E-state index in [1.165, 1.54) is 10.6 Å². The molecule has 0 saturated carbocycles. The Labute approximate surface area is 133 Å². The van der Waals surface area contributed by atoms with Gasteiger partial charge in [0, 0.05) is 24.4 Å². The molecular formula is C17H19N3O3. The van der Waals surface area contributed by atoms with Crippen LogP contribution in [0, 0.1) is 0 Å². The van der Waals surface area contributed by atoms with E-state index in [2.05, 4.69) is 10.1 Å². The molecule has 0 atom stereocenters. The fourth-order valence-corrected chi connectivity index (χ4v) is 2.67. The van der Waals surface area contributed by atoms with Crippen LogP contribution < -0.4 is 10.3 Å². The van der Waals surface area contributed by atoms with Crippen LogP contribution in [0.5, 0.6) is 5.75 Å². The Morgan fingerprint density at radius 1 is 1.22 bits per heavy atom. The first-order valence-electron chi connectivity index (χ1n) is 7.44. The third kappa shape index (κ3) is 2.73. The number of ether oxygens (including phenoxy) is 2. The first kappa shape index (κ1) is 15.3. The minimum Gasteiger partial charge on any atom is -0.497 e. The van der Waals surface area contributed by atoms with Gasteiger partial charge >= 0.3 is 0 Å². The van der Waals surface area contributed by atoms with E-state index < -0.39 is 0 Å². The molecular weight excluding hydrogens is 294 g/mol. The fourth-order valence-electron chi connectivity index (χ4n) is 2.67. The molecule has 0 saturated heterocycles. The number of fused-ring (bicyclic) bond motifs is 1. The quantitative estimate of drug-likeness (QED) is 0.785. The second kappa shape index (κ2) is 6.26. The zero-order valence-electron chi connectivity index (χ0n) is 13.4. The Hall–Kier alpha value is -2.60. The average molecular weight is 313 g/mol. The van der Waals surface area contributed by atoms with Gasteiger partial charge < -0.3 is 9.47 Å². The van der Waals surface area contributed by atoms with Gasteiger partial charge in [0.05, 0.1) is 19.4 Å². The summed E-state index contributed by atoms with van der Waals surface area (Å²) in [5, 5.41) is 3.15. The predicted molar refractivity (Wildman–Crippen MR) is 87.9 cm³/mol. The highest BCUT2D eigenvalue weighted by molar-refractivity contribution is 5.80. The Morgan fingerprint density at radius 2 is 1.96 bits per heavy atom. The SMILES string of the molecule is CCc1[nH]n2c(=O)cc(COC)nc2c1-c1ccc(OC)cc1. The van der Waals surface area contributed by atoms with Crippen molar-refractivity contribution in [2.75, 3.05) is 14.2 Å². The number of methoxy groups -OCH3 is 2. The largest absolute Gasteiger partial charge is 0.497 e. The van der Waals surface area contributed by atoms with Crippen LogP contribution in [0.1, 0.15) is 18.3 Å². The van der Waals surface area contributed by atoms with E-state index in [1.807, 2.05) is 31.2 Å². The van der Waals surface area contributed by atoms with E-state index in [9.17, 15) is 4.79 Å². The lowest BCUT2D eigenvalue weighted by molar-refractivity contribution is 0.181. The minimum absolute atomic E-state index is 0.142. The van der Waals surface area contributed by atoms with Gasteiger partial charge in [-0.05, 0) is 24.1 Å². The van der Waals surface area contributed by atoms with E-state index in [0.29, 0.717) is 17.9 Å². The lowest BCUT2D eigenvalue weighted by Crippen LogP contribution is -2.16. The van der Waals surface area contributed by atoms with Crippen molar-refractivity contribution in [3.8, 4) is 16.9 Å². The Balaban J connectivity index is 2.25. The molecule has 6 nitrogen and oxygen atoms in total. The molecule has 120 valence electrons. The van der Waals surface area contributed by atoms with E-state index in [-0.39, 0.29) is 5.56 Å². The van der Waals surface area contributed by atoms with Gasteiger partial charge in [0.1, 0.15) is 5.75 Å². The topological polar surface area (TPSA) is 68.6 Å². The molecule has 1 aromatic carbocycles. The lowest BCUT2D eigenvalue weighted by Gasteiger charge is -2.05. The number of aromatic nitrogens is 3. The molecule has 2 heterocycles. The van der Waals surface area contributed by atoms with Gasteiger partial charge in [-0.15, -0.1) is 0 Å². The number of rotatable bonds is 5. The second-order valence-corrected chi connectivity index (χ2v) is 5.23. The van der Waals surface area contributed by atoms with Crippen molar-refractivity contribution in [3.63, 3.8) is 0 Å². The molecule has 0 amide bonds. The molecule has 0 spiro atoms. The van der Waals surface area contributed by atoms with Crippen LogP contribution in [0.25, 0.3) is 16.8 Å². The van der Waals surface area contributed by atoms with Crippen molar-refractivity contribution in [1.29, 1.82) is 0 Å². The molecule has 3 rings (SSSR count). The molecule has 0 aliphatic heterocycles. The van der Waals surface area contributed by atoms with Gasteiger partial charge in [-0.3, -0.25) is 9.89 Å². The molecule has 2 aromatic heterocycles. The van der Waals surface area contributed by atoms with Crippen molar-refractivity contribution in [1.82, 2.24) is 14.6 Å². The van der Waals surface area contributed by atoms with Gasteiger partial charge in [-0.2, -0.15) is 0 Å². The highest BCUT2D eigenvalue weighted by Gasteiger charge is 2.16. The van der Waals surface area contributed by atoms with Crippen LogP contribution in [-0.4, -0.2) is 28.8 Å². The number of H-pyrrole nitrogens is 1. The summed E-state index contributed by atoms with van der Waals surface area (Å²) in [6.45, 7) is 2.35. The molecule has 0 radical (unpaired) electrons. The molecule has 0 bridgehead atoms. The maximum absolute atomic E-state index is 12.3. The predicted octanol–water partition coefficient (Wildman–Crippen LogP) is 2.41. The zero-order chi connectivity index (χ0) is 16.4. The molecule has 0 aliphatic carbocycles. The Bertz CT molecular complexity index is 878. The first-order valence-corrected chi connectivity index (χ1v) is 7.44. The number of hydrogen-bond acceptors (Lipinski definition) is 4. The molecule has 1 N–H and O–H groups in total. The van der Waals surface area contributed by atoms with Crippen LogP contribution in [0.15, 0.2) is 35.1 Å². The second-order valence-electron chi connectivity index (χ2n) is 5.23. The minimum atomic E-state index is -0.142. The van der Waals surface area contributed by atoms with Crippen LogP contribution in [0.4, 0.5) is 0 Å². The summed E-state index contributed by atoms with van der Waals surface area (Å²) in [7, 11) is 3.22. The molecule has 0 aliphatic rings. The van der Waals surface area contributed by atoms with Crippen molar-refractivity contribution in [2.45, 2.75) is 20.0 Å². The number of benzene rings is 1. The number of nitrogens with zero attached hydrogens (tertiary/aromatic N) is 2. The van der Waals surface area contributed by atoms with Gasteiger partial charge in [0.2, 0.25) is 0 Å².